The molecule has 1 N–H and O–H groups in total. The van der Waals surface area contributed by atoms with Crippen LogP contribution in [0.3, 0.4) is 0 Å². The van der Waals surface area contributed by atoms with Crippen molar-refractivity contribution in [3.63, 3.8) is 0 Å². The van der Waals surface area contributed by atoms with Crippen LogP contribution in [0, 0.1) is 6.92 Å². The third-order valence-corrected chi connectivity index (χ3v) is 12.4. The third-order valence-electron chi connectivity index (χ3n) is 7.95. The highest BCUT2D eigenvalue weighted by molar-refractivity contribution is 6.74. The summed E-state index contributed by atoms with van der Waals surface area (Å²) in [5, 5.41) is 17.2. The van der Waals surface area contributed by atoms with Gasteiger partial charge < -0.3 is 9.74 Å². The summed E-state index contributed by atoms with van der Waals surface area (Å²) in [4.78, 5) is 0. The Morgan fingerprint density at radius 1 is 1.08 bits per heavy atom. The van der Waals surface area contributed by atoms with Crippen LogP contribution in [0.2, 0.25) is 18.1 Å². The van der Waals surface area contributed by atoms with E-state index >= 15 is 0 Å². The van der Waals surface area contributed by atoms with E-state index in [9.17, 15) is 0 Å². The summed E-state index contributed by atoms with van der Waals surface area (Å²) in [6, 6.07) is 15.5. The molecule has 0 spiro atoms. The van der Waals surface area contributed by atoms with Gasteiger partial charge in [-0.2, -0.15) is 5.10 Å². The van der Waals surface area contributed by atoms with Crippen molar-refractivity contribution < 1.29 is 4.43 Å². The number of anilines is 1. The van der Waals surface area contributed by atoms with E-state index in [-0.39, 0.29) is 11.1 Å². The number of nitrogens with one attached hydrogen (secondary N) is 1. The molecule has 1 aliphatic rings. The summed E-state index contributed by atoms with van der Waals surface area (Å²) in [6.45, 7) is 14.9. The van der Waals surface area contributed by atoms with E-state index < -0.39 is 8.32 Å². The zero-order valence-corrected chi connectivity index (χ0v) is 24.0. The van der Waals surface area contributed by atoms with Crippen molar-refractivity contribution in [3.05, 3.63) is 71.7 Å². The largest absolute Gasteiger partial charge is 0.413 e. The minimum atomic E-state index is -1.78. The number of fused-ring (bicyclic) bond motifs is 3. The van der Waals surface area contributed by atoms with Crippen molar-refractivity contribution in [1.29, 1.82) is 0 Å². The van der Waals surface area contributed by atoms with Gasteiger partial charge in [0.05, 0.1) is 30.2 Å². The second-order valence-corrected chi connectivity index (χ2v) is 16.5. The van der Waals surface area contributed by atoms with Crippen molar-refractivity contribution in [2.75, 3.05) is 5.32 Å². The van der Waals surface area contributed by atoms with Gasteiger partial charge in [0.25, 0.3) is 0 Å². The summed E-state index contributed by atoms with van der Waals surface area (Å²) < 4.78 is 10.3. The van der Waals surface area contributed by atoms with E-state index in [0.717, 1.165) is 41.2 Å². The van der Waals surface area contributed by atoms with Gasteiger partial charge in [-0.25, -0.2) is 4.68 Å². The minimum absolute atomic E-state index is 0.141. The smallest absolute Gasteiger partial charge is 0.192 e. The first-order chi connectivity index (χ1) is 17.5. The van der Waals surface area contributed by atoms with Crippen LogP contribution in [-0.4, -0.2) is 33.1 Å². The Bertz CT molecular complexity index is 1400. The topological polar surface area (TPSA) is 69.8 Å². The summed E-state index contributed by atoms with van der Waals surface area (Å²) in [5.74, 6) is 0. The molecule has 0 saturated heterocycles. The maximum Gasteiger partial charge on any atom is 0.192 e. The fraction of sp³-hybridized carbons (Fsp3) is 0.414. The van der Waals surface area contributed by atoms with Gasteiger partial charge in [0.15, 0.2) is 8.32 Å². The number of hydrogen-bond acceptors (Lipinski definition) is 5. The Morgan fingerprint density at radius 3 is 2.51 bits per heavy atom. The summed E-state index contributed by atoms with van der Waals surface area (Å²) in [7, 11) is 0.173. The van der Waals surface area contributed by atoms with Crippen LogP contribution in [0.15, 0.2) is 54.9 Å². The average molecular weight is 515 g/mol. The third kappa shape index (κ3) is 5.13. The molecule has 4 aromatic rings. The van der Waals surface area contributed by atoms with E-state index in [1.54, 1.807) is 0 Å². The van der Waals surface area contributed by atoms with Crippen molar-refractivity contribution in [3.8, 4) is 22.4 Å². The quantitative estimate of drug-likeness (QED) is 0.289. The van der Waals surface area contributed by atoms with Crippen LogP contribution in [0.5, 0.6) is 0 Å². The lowest BCUT2D eigenvalue weighted by Crippen LogP contribution is -2.40. The number of hydrogen-bond donors (Lipinski definition) is 1. The molecule has 37 heavy (non-hydrogen) atoms. The molecule has 0 fully saturated rings. The Balaban J connectivity index is 1.41. The second-order valence-electron chi connectivity index (χ2n) is 11.7. The van der Waals surface area contributed by atoms with Crippen molar-refractivity contribution >= 4 is 14.0 Å². The first kappa shape index (κ1) is 25.4. The molecule has 0 bridgehead atoms. The maximum absolute atomic E-state index is 6.42. The predicted molar refractivity (Wildman–Crippen MR) is 152 cm³/mol. The molecule has 1 atom stereocenters. The zero-order valence-electron chi connectivity index (χ0n) is 23.0. The SMILES string of the molecule is Cc1nnn2c1-c1ccc(-c3cnn(C)c3)cc1C(Nc1ccc(CO[Si](C)(C)C(C)(C)C)cc1)CC2. The molecule has 7 nitrogen and oxygen atoms in total. The highest BCUT2D eigenvalue weighted by atomic mass is 28.4. The average Bonchev–Trinajstić information content (AvgIpc) is 3.41. The molecule has 2 aromatic heterocycles. The van der Waals surface area contributed by atoms with Crippen LogP contribution in [0.1, 0.15) is 50.1 Å². The fourth-order valence-corrected chi connectivity index (χ4v) is 5.60. The standard InChI is InChI=1S/C29H38N6OSi/c1-20-28-25-13-10-22(23-17-30-34(5)18-23)16-26(25)27(14-15-35(28)33-32-20)31-24-11-8-21(9-12-24)19-36-37(6,7)29(2,3)4/h8-13,16-18,27,31H,14-15,19H2,1-7H3. The van der Waals surface area contributed by atoms with Gasteiger partial charge in [-0.3, -0.25) is 4.68 Å². The summed E-state index contributed by atoms with van der Waals surface area (Å²) in [6.07, 6.45) is 4.89. The molecule has 8 heteroatoms. The van der Waals surface area contributed by atoms with Gasteiger partial charge in [0, 0.05) is 36.6 Å². The molecule has 1 unspecified atom stereocenters. The van der Waals surface area contributed by atoms with E-state index in [1.165, 1.54) is 16.7 Å². The van der Waals surface area contributed by atoms with Gasteiger partial charge in [-0.15, -0.1) is 5.10 Å². The van der Waals surface area contributed by atoms with Crippen LogP contribution in [0.4, 0.5) is 5.69 Å². The van der Waals surface area contributed by atoms with Gasteiger partial charge in [0.2, 0.25) is 0 Å². The van der Waals surface area contributed by atoms with E-state index in [1.807, 2.05) is 29.5 Å². The van der Waals surface area contributed by atoms with Gasteiger partial charge >= 0.3 is 0 Å². The van der Waals surface area contributed by atoms with Crippen LogP contribution in [0.25, 0.3) is 22.4 Å². The molecular weight excluding hydrogens is 476 g/mol. The van der Waals surface area contributed by atoms with Crippen LogP contribution >= 0.6 is 0 Å². The predicted octanol–water partition coefficient (Wildman–Crippen LogP) is 6.73. The van der Waals surface area contributed by atoms with Crippen LogP contribution < -0.4 is 5.32 Å². The highest BCUT2D eigenvalue weighted by Crippen LogP contribution is 2.39. The van der Waals surface area contributed by atoms with Crippen molar-refractivity contribution in [1.82, 2.24) is 24.8 Å². The number of aryl methyl sites for hydroxylation is 3. The number of benzene rings is 2. The van der Waals surface area contributed by atoms with Crippen molar-refractivity contribution in [2.24, 2.45) is 7.05 Å². The van der Waals surface area contributed by atoms with Gasteiger partial charge in [-0.05, 0) is 66.4 Å². The summed E-state index contributed by atoms with van der Waals surface area (Å²) in [5.41, 5.74) is 9.10. The maximum atomic E-state index is 6.42. The molecule has 2 aromatic carbocycles. The number of rotatable bonds is 6. The molecule has 5 rings (SSSR count). The lowest BCUT2D eigenvalue weighted by atomic mass is 9.93. The highest BCUT2D eigenvalue weighted by Gasteiger charge is 2.37. The number of aromatic nitrogens is 5. The van der Waals surface area contributed by atoms with Gasteiger partial charge in [0.1, 0.15) is 0 Å². The Hall–Kier alpha value is -3.23. The minimum Gasteiger partial charge on any atom is -0.413 e. The summed E-state index contributed by atoms with van der Waals surface area (Å²) >= 11 is 0. The molecule has 194 valence electrons. The monoisotopic (exact) mass is 514 g/mol. The molecule has 0 saturated carbocycles. The molecule has 0 aliphatic carbocycles. The van der Waals surface area contributed by atoms with Gasteiger partial charge in [-0.1, -0.05) is 50.3 Å². The molecular formula is C29H38N6OSi. The van der Waals surface area contributed by atoms with Crippen molar-refractivity contribution in [2.45, 2.75) is 71.4 Å². The molecule has 1 aliphatic heterocycles. The lowest BCUT2D eigenvalue weighted by molar-refractivity contribution is 0.276. The Kier molecular flexibility index (Phi) is 6.58. The normalized spacial score (nSPS) is 15.7. The fourth-order valence-electron chi connectivity index (χ4n) is 4.64. The Labute approximate surface area is 221 Å². The zero-order chi connectivity index (χ0) is 26.4. The molecule has 0 amide bonds. The molecule has 3 heterocycles. The first-order valence-electron chi connectivity index (χ1n) is 13.0. The van der Waals surface area contributed by atoms with E-state index in [2.05, 4.69) is 103 Å². The Morgan fingerprint density at radius 2 is 1.84 bits per heavy atom. The molecule has 0 radical (unpaired) electrons. The van der Waals surface area contributed by atoms with E-state index in [0.29, 0.717) is 6.61 Å². The number of nitrogens with zero attached hydrogens (tertiary/aromatic N) is 5. The first-order valence-corrected chi connectivity index (χ1v) is 16.0. The second kappa shape index (κ2) is 9.57. The van der Waals surface area contributed by atoms with E-state index in [4.69, 9.17) is 4.43 Å². The lowest BCUT2D eigenvalue weighted by Gasteiger charge is -2.36. The van der Waals surface area contributed by atoms with Crippen LogP contribution in [-0.2, 0) is 24.6 Å².